The molecule has 0 spiro atoms. The minimum absolute atomic E-state index is 0.00378. The van der Waals surface area contributed by atoms with E-state index in [0.29, 0.717) is 41.7 Å². The minimum Gasteiger partial charge on any atom is -0.337 e. The van der Waals surface area contributed by atoms with E-state index in [0.717, 1.165) is 17.0 Å². The van der Waals surface area contributed by atoms with Crippen molar-refractivity contribution >= 4 is 38.9 Å². The molecule has 1 aromatic carbocycles. The van der Waals surface area contributed by atoms with Gasteiger partial charge in [-0.25, -0.2) is 8.42 Å². The van der Waals surface area contributed by atoms with Gasteiger partial charge in [-0.1, -0.05) is 23.7 Å². The van der Waals surface area contributed by atoms with Gasteiger partial charge in [-0.05, 0) is 63.7 Å². The second-order valence-electron chi connectivity index (χ2n) is 8.26. The molecule has 1 aromatic heterocycles. The molecule has 1 atom stereocenters. The fraction of sp³-hybridized carbons (Fsp3) is 0.500. The summed E-state index contributed by atoms with van der Waals surface area (Å²) in [5, 5.41) is 0.638. The fourth-order valence-corrected chi connectivity index (χ4v) is 6.92. The highest BCUT2D eigenvalue weighted by molar-refractivity contribution is 7.91. The molecule has 1 fully saturated rings. The summed E-state index contributed by atoms with van der Waals surface area (Å²) in [4.78, 5) is 18.3. The number of benzene rings is 1. The molecule has 1 saturated heterocycles. The van der Waals surface area contributed by atoms with Crippen LogP contribution in [0.25, 0.3) is 0 Å². The van der Waals surface area contributed by atoms with Crippen LogP contribution >= 0.6 is 22.9 Å². The number of carbonyl (C=O) groups is 1. The van der Waals surface area contributed by atoms with E-state index >= 15 is 0 Å². The topological polar surface area (TPSA) is 60.9 Å². The number of halogens is 1. The summed E-state index contributed by atoms with van der Waals surface area (Å²) in [6.45, 7) is 4.34. The first-order valence-corrected chi connectivity index (χ1v) is 13.0. The number of rotatable bonds is 8. The van der Waals surface area contributed by atoms with Gasteiger partial charge >= 0.3 is 0 Å². The second-order valence-corrected chi connectivity index (χ2v) is 12.1. The fourth-order valence-electron chi connectivity index (χ4n) is 3.74. The second kappa shape index (κ2) is 10.4. The van der Waals surface area contributed by atoms with Crippen molar-refractivity contribution in [2.45, 2.75) is 30.5 Å². The average Bonchev–Trinajstić information content (AvgIpc) is 3.18. The molecule has 0 saturated carbocycles. The third-order valence-electron chi connectivity index (χ3n) is 5.43. The van der Waals surface area contributed by atoms with Crippen LogP contribution in [0, 0.1) is 12.8 Å². The van der Waals surface area contributed by atoms with Gasteiger partial charge < -0.3 is 9.80 Å². The van der Waals surface area contributed by atoms with Crippen LogP contribution in [0.5, 0.6) is 0 Å². The summed E-state index contributed by atoms with van der Waals surface area (Å²) < 4.78 is 28.0. The first-order chi connectivity index (χ1) is 14.7. The van der Waals surface area contributed by atoms with Crippen LogP contribution in [0.1, 0.15) is 23.3 Å². The summed E-state index contributed by atoms with van der Waals surface area (Å²) in [5.41, 5.74) is 0.967. The predicted octanol–water partition coefficient (Wildman–Crippen LogP) is 3.70. The number of carbonyl (C=O) groups excluding carboxylic acids is 1. The highest BCUT2D eigenvalue weighted by Crippen LogP contribution is 2.29. The lowest BCUT2D eigenvalue weighted by atomic mass is 9.97. The molecule has 170 valence electrons. The molecule has 1 aliphatic heterocycles. The summed E-state index contributed by atoms with van der Waals surface area (Å²) in [6.07, 6.45) is 1.38. The predicted molar refractivity (Wildman–Crippen MR) is 126 cm³/mol. The van der Waals surface area contributed by atoms with Crippen LogP contribution in [0.3, 0.4) is 0 Å². The standard InChI is InChI=1S/C22H30ClN3O3S2/c1-17-9-10-21(30-17)31(28,29)26-11-5-7-19(16-26)22(27)25(13-12-24(2)3)15-18-6-4-8-20(23)14-18/h4,6,8-10,14,19H,5,7,11-13,15-16H2,1-3H3. The Balaban J connectivity index is 1.76. The Kier molecular flexibility index (Phi) is 8.15. The van der Waals surface area contributed by atoms with E-state index in [1.165, 1.54) is 15.6 Å². The van der Waals surface area contributed by atoms with Crippen molar-refractivity contribution in [3.05, 3.63) is 51.9 Å². The number of amides is 1. The van der Waals surface area contributed by atoms with E-state index in [2.05, 4.69) is 0 Å². The number of likely N-dealkylation sites (N-methyl/N-ethyl adjacent to an activating group) is 1. The van der Waals surface area contributed by atoms with Crippen LogP contribution in [-0.2, 0) is 21.4 Å². The molecule has 0 bridgehead atoms. The number of aryl methyl sites for hydroxylation is 1. The summed E-state index contributed by atoms with van der Waals surface area (Å²) in [5.74, 6) is -0.338. The van der Waals surface area contributed by atoms with Crippen LogP contribution in [-0.4, -0.2) is 68.7 Å². The lowest BCUT2D eigenvalue weighted by molar-refractivity contribution is -0.137. The Labute approximate surface area is 194 Å². The summed E-state index contributed by atoms with van der Waals surface area (Å²) in [7, 11) is 0.376. The Morgan fingerprint density at radius 1 is 1.23 bits per heavy atom. The van der Waals surface area contributed by atoms with E-state index in [1.54, 1.807) is 6.07 Å². The van der Waals surface area contributed by atoms with E-state index in [-0.39, 0.29) is 18.4 Å². The van der Waals surface area contributed by atoms with Crippen molar-refractivity contribution in [1.82, 2.24) is 14.1 Å². The molecular formula is C22H30ClN3O3S2. The van der Waals surface area contributed by atoms with Gasteiger partial charge in [0.25, 0.3) is 10.0 Å². The Bertz CT molecular complexity index is 1010. The molecule has 6 nitrogen and oxygen atoms in total. The van der Waals surface area contributed by atoms with E-state index in [4.69, 9.17) is 11.6 Å². The quantitative estimate of drug-likeness (QED) is 0.574. The molecule has 1 amide bonds. The van der Waals surface area contributed by atoms with Crippen LogP contribution < -0.4 is 0 Å². The zero-order valence-electron chi connectivity index (χ0n) is 18.3. The van der Waals surface area contributed by atoms with Gasteiger partial charge in [-0.15, -0.1) is 11.3 Å². The maximum Gasteiger partial charge on any atom is 0.252 e. The van der Waals surface area contributed by atoms with E-state index in [9.17, 15) is 13.2 Å². The lowest BCUT2D eigenvalue weighted by Crippen LogP contribution is -2.47. The molecule has 0 radical (unpaired) electrons. The van der Waals surface area contributed by atoms with Crippen molar-refractivity contribution in [2.75, 3.05) is 40.3 Å². The number of nitrogens with zero attached hydrogens (tertiary/aromatic N) is 3. The van der Waals surface area contributed by atoms with E-state index < -0.39 is 10.0 Å². The number of piperidine rings is 1. The van der Waals surface area contributed by atoms with Crippen LogP contribution in [0.2, 0.25) is 5.02 Å². The van der Waals surface area contributed by atoms with Crippen molar-refractivity contribution in [1.29, 1.82) is 0 Å². The van der Waals surface area contributed by atoms with Gasteiger partial charge in [0, 0.05) is 42.6 Å². The smallest absolute Gasteiger partial charge is 0.252 e. The zero-order valence-corrected chi connectivity index (χ0v) is 20.6. The van der Waals surface area contributed by atoms with Gasteiger partial charge in [0.15, 0.2) is 0 Å². The minimum atomic E-state index is -3.57. The van der Waals surface area contributed by atoms with Gasteiger partial charge in [0.2, 0.25) is 5.91 Å². The molecule has 1 aliphatic rings. The maximum atomic E-state index is 13.5. The van der Waals surface area contributed by atoms with Crippen molar-refractivity contribution in [3.63, 3.8) is 0 Å². The third kappa shape index (κ3) is 6.29. The molecular weight excluding hydrogens is 454 g/mol. The van der Waals surface area contributed by atoms with Gasteiger partial charge in [-0.2, -0.15) is 4.31 Å². The highest BCUT2D eigenvalue weighted by Gasteiger charge is 2.35. The molecule has 0 N–H and O–H groups in total. The SMILES string of the molecule is Cc1ccc(S(=O)(=O)N2CCCC(C(=O)N(CCN(C)C)Cc3cccc(Cl)c3)C2)s1. The normalized spacial score (nSPS) is 17.8. The number of thiophene rings is 1. The van der Waals surface area contributed by atoms with Crippen molar-refractivity contribution < 1.29 is 13.2 Å². The average molecular weight is 484 g/mol. The summed E-state index contributed by atoms with van der Waals surface area (Å²) in [6, 6.07) is 11.0. The number of hydrogen-bond acceptors (Lipinski definition) is 5. The van der Waals surface area contributed by atoms with Crippen LogP contribution in [0.15, 0.2) is 40.6 Å². The summed E-state index contributed by atoms with van der Waals surface area (Å²) >= 11 is 7.40. The monoisotopic (exact) mass is 483 g/mol. The lowest BCUT2D eigenvalue weighted by Gasteiger charge is -2.34. The highest BCUT2D eigenvalue weighted by atomic mass is 35.5. The first kappa shape index (κ1) is 24.2. The molecule has 3 rings (SSSR count). The number of hydrogen-bond donors (Lipinski definition) is 0. The van der Waals surface area contributed by atoms with Gasteiger partial charge in [0.05, 0.1) is 5.92 Å². The molecule has 31 heavy (non-hydrogen) atoms. The molecule has 0 aliphatic carbocycles. The van der Waals surface area contributed by atoms with Gasteiger partial charge in [0.1, 0.15) is 4.21 Å². The Morgan fingerprint density at radius 2 is 2.00 bits per heavy atom. The van der Waals surface area contributed by atoms with Crippen molar-refractivity contribution in [3.8, 4) is 0 Å². The zero-order chi connectivity index (χ0) is 22.6. The first-order valence-electron chi connectivity index (χ1n) is 10.4. The Hall–Kier alpha value is -1.45. The van der Waals surface area contributed by atoms with Crippen molar-refractivity contribution in [2.24, 2.45) is 5.92 Å². The maximum absolute atomic E-state index is 13.5. The van der Waals surface area contributed by atoms with Gasteiger partial charge in [-0.3, -0.25) is 4.79 Å². The largest absolute Gasteiger partial charge is 0.337 e. The third-order valence-corrected chi connectivity index (χ3v) is 9.00. The number of sulfonamides is 1. The molecule has 1 unspecified atom stereocenters. The molecule has 2 aromatic rings. The molecule has 9 heteroatoms. The van der Waals surface area contributed by atoms with Crippen LogP contribution in [0.4, 0.5) is 0 Å². The Morgan fingerprint density at radius 3 is 2.65 bits per heavy atom. The van der Waals surface area contributed by atoms with E-state index in [1.807, 2.05) is 61.2 Å². The molecule has 2 heterocycles.